The molecule has 0 radical (unpaired) electrons. The van der Waals surface area contributed by atoms with Crippen LogP contribution in [0.15, 0.2) is 35.9 Å². The Morgan fingerprint density at radius 2 is 2.14 bits per heavy atom. The summed E-state index contributed by atoms with van der Waals surface area (Å²) in [5, 5.41) is 0.0680. The molecule has 0 saturated carbocycles. The molecule has 116 valence electrons. The van der Waals surface area contributed by atoms with E-state index in [9.17, 15) is 8.78 Å². The monoisotopic (exact) mass is 322 g/mol. The lowest BCUT2D eigenvalue weighted by Crippen LogP contribution is -2.10. The molecular weight excluding hydrogens is 306 g/mol. The van der Waals surface area contributed by atoms with Crippen LogP contribution in [-0.4, -0.2) is 15.3 Å². The van der Waals surface area contributed by atoms with E-state index < -0.39 is 11.6 Å². The molecule has 0 spiro atoms. The number of H-pyrrole nitrogens is 1. The molecule has 22 heavy (non-hydrogen) atoms. The fourth-order valence-corrected chi connectivity index (χ4v) is 2.96. The average molecular weight is 323 g/mol. The second-order valence-electron chi connectivity index (χ2n) is 5.59. The quantitative estimate of drug-likeness (QED) is 0.797. The highest BCUT2D eigenvalue weighted by Gasteiger charge is 2.17. The Balaban J connectivity index is 1.83. The number of benzene rings is 1. The van der Waals surface area contributed by atoms with Gasteiger partial charge in [-0.1, -0.05) is 25.2 Å². The number of aromatic nitrogens is 2. The van der Waals surface area contributed by atoms with Gasteiger partial charge < -0.3 is 4.98 Å². The van der Waals surface area contributed by atoms with Crippen LogP contribution >= 0.6 is 11.6 Å². The summed E-state index contributed by atoms with van der Waals surface area (Å²) in [5.74, 6) is -0.672. The molecule has 1 N–H and O–H groups in total. The Morgan fingerprint density at radius 3 is 2.82 bits per heavy atom. The first-order valence-electron chi connectivity index (χ1n) is 7.42. The Morgan fingerprint density at radius 1 is 1.36 bits per heavy atom. The molecule has 1 aliphatic rings. The van der Waals surface area contributed by atoms with E-state index >= 15 is 0 Å². The van der Waals surface area contributed by atoms with Gasteiger partial charge in [0, 0.05) is 18.6 Å². The van der Waals surface area contributed by atoms with Crippen LogP contribution in [0.2, 0.25) is 0 Å². The molecule has 1 aromatic heterocycles. The van der Waals surface area contributed by atoms with Crippen molar-refractivity contribution in [3.63, 3.8) is 0 Å². The highest BCUT2D eigenvalue weighted by molar-refractivity contribution is 6.22. The fraction of sp³-hybridized carbons (Fsp3) is 0.353. The lowest BCUT2D eigenvalue weighted by Gasteiger charge is -2.19. The number of hydrogen-bond acceptors (Lipinski definition) is 1. The van der Waals surface area contributed by atoms with Gasteiger partial charge in [-0.3, -0.25) is 0 Å². The molecule has 1 heterocycles. The zero-order valence-electron chi connectivity index (χ0n) is 12.2. The number of aromatic amines is 1. The SMILES string of the molecule is CCC(Cc1nc2cc(F)c(F)cc2[nH]1)C1=CCC(Cl)C=C1. The predicted octanol–water partition coefficient (Wildman–Crippen LogP) is 4.90. The van der Waals surface area contributed by atoms with Gasteiger partial charge in [0.15, 0.2) is 11.6 Å². The molecule has 5 heteroatoms. The van der Waals surface area contributed by atoms with E-state index in [1.807, 2.05) is 6.08 Å². The number of imidazole rings is 1. The zero-order valence-corrected chi connectivity index (χ0v) is 13.0. The van der Waals surface area contributed by atoms with Gasteiger partial charge in [-0.15, -0.1) is 11.6 Å². The number of allylic oxidation sites excluding steroid dienone is 4. The minimum Gasteiger partial charge on any atom is -0.342 e. The summed E-state index contributed by atoms with van der Waals surface area (Å²) >= 11 is 6.05. The molecule has 0 aliphatic heterocycles. The largest absolute Gasteiger partial charge is 0.342 e. The molecule has 2 aromatic rings. The van der Waals surface area contributed by atoms with E-state index in [1.165, 1.54) is 5.57 Å². The van der Waals surface area contributed by atoms with Gasteiger partial charge in [0.05, 0.1) is 16.4 Å². The van der Waals surface area contributed by atoms with Gasteiger partial charge in [0.25, 0.3) is 0 Å². The lowest BCUT2D eigenvalue weighted by molar-refractivity contribution is 0.510. The van der Waals surface area contributed by atoms with Gasteiger partial charge >= 0.3 is 0 Å². The van der Waals surface area contributed by atoms with Gasteiger partial charge in [-0.2, -0.15) is 0 Å². The number of nitrogens with one attached hydrogen (secondary N) is 1. The van der Waals surface area contributed by atoms with Crippen LogP contribution in [0.25, 0.3) is 11.0 Å². The molecule has 0 amide bonds. The molecule has 2 nitrogen and oxygen atoms in total. The normalized spacial score (nSPS) is 19.5. The zero-order chi connectivity index (χ0) is 15.7. The first-order chi connectivity index (χ1) is 10.6. The standard InChI is InChI=1S/C17H17ClF2N2/c1-2-10(11-3-5-12(18)6-4-11)7-17-21-15-8-13(19)14(20)9-16(15)22-17/h3-5,8-10,12H,2,6-7H2,1H3,(H,21,22). The van der Waals surface area contributed by atoms with Gasteiger partial charge in [-0.25, -0.2) is 13.8 Å². The molecule has 1 aromatic carbocycles. The molecule has 2 atom stereocenters. The van der Waals surface area contributed by atoms with E-state index in [-0.39, 0.29) is 5.38 Å². The lowest BCUT2D eigenvalue weighted by atomic mass is 9.89. The highest BCUT2D eigenvalue weighted by atomic mass is 35.5. The van der Waals surface area contributed by atoms with Crippen LogP contribution in [0, 0.1) is 17.6 Å². The van der Waals surface area contributed by atoms with E-state index in [0.29, 0.717) is 23.4 Å². The number of alkyl halides is 1. The van der Waals surface area contributed by atoms with Crippen LogP contribution in [-0.2, 0) is 6.42 Å². The maximum Gasteiger partial charge on any atom is 0.161 e. The van der Waals surface area contributed by atoms with E-state index in [1.54, 1.807) is 0 Å². The number of nitrogens with zero attached hydrogens (tertiary/aromatic N) is 1. The summed E-state index contributed by atoms with van der Waals surface area (Å²) in [6, 6.07) is 2.28. The second kappa shape index (κ2) is 6.21. The van der Waals surface area contributed by atoms with Crippen LogP contribution in [0.5, 0.6) is 0 Å². The van der Waals surface area contributed by atoms with Gasteiger partial charge in [0.1, 0.15) is 5.82 Å². The van der Waals surface area contributed by atoms with Crippen LogP contribution in [0.4, 0.5) is 8.78 Å². The van der Waals surface area contributed by atoms with Gasteiger partial charge in [0.2, 0.25) is 0 Å². The smallest absolute Gasteiger partial charge is 0.161 e. The predicted molar refractivity (Wildman–Crippen MR) is 85.0 cm³/mol. The Bertz CT molecular complexity index is 709. The summed E-state index contributed by atoms with van der Waals surface area (Å²) in [5.41, 5.74) is 2.23. The van der Waals surface area contributed by atoms with E-state index in [0.717, 1.165) is 30.8 Å². The fourth-order valence-electron chi connectivity index (χ4n) is 2.80. The molecule has 0 saturated heterocycles. The molecule has 2 unspecified atom stereocenters. The molecule has 0 bridgehead atoms. The Kier molecular flexibility index (Phi) is 4.30. The molecule has 0 fully saturated rings. The number of fused-ring (bicyclic) bond motifs is 1. The third kappa shape index (κ3) is 3.07. The third-order valence-electron chi connectivity index (χ3n) is 4.05. The van der Waals surface area contributed by atoms with Gasteiger partial charge in [-0.05, 0) is 24.3 Å². The second-order valence-corrected chi connectivity index (χ2v) is 6.15. The maximum atomic E-state index is 13.3. The molecular formula is C17H17ClF2N2. The summed E-state index contributed by atoms with van der Waals surface area (Å²) in [4.78, 5) is 7.45. The van der Waals surface area contributed by atoms with E-state index in [2.05, 4.69) is 29.0 Å². The third-order valence-corrected chi connectivity index (χ3v) is 4.38. The van der Waals surface area contributed by atoms with Crippen molar-refractivity contribution < 1.29 is 8.78 Å². The van der Waals surface area contributed by atoms with Crippen molar-refractivity contribution in [2.24, 2.45) is 5.92 Å². The number of rotatable bonds is 4. The Hall–Kier alpha value is -1.68. The summed E-state index contributed by atoms with van der Waals surface area (Å²) in [6.45, 7) is 2.12. The maximum absolute atomic E-state index is 13.3. The number of hydrogen-bond donors (Lipinski definition) is 1. The van der Waals surface area contributed by atoms with Crippen molar-refractivity contribution in [1.29, 1.82) is 0 Å². The van der Waals surface area contributed by atoms with E-state index in [4.69, 9.17) is 11.6 Å². The first kappa shape index (κ1) is 15.2. The summed E-state index contributed by atoms with van der Waals surface area (Å²) in [7, 11) is 0. The number of halogens is 3. The van der Waals surface area contributed by atoms with Crippen molar-refractivity contribution >= 4 is 22.6 Å². The van der Waals surface area contributed by atoms with Crippen molar-refractivity contribution in [2.45, 2.75) is 31.6 Å². The topological polar surface area (TPSA) is 28.7 Å². The average Bonchev–Trinajstić information content (AvgIpc) is 2.87. The Labute approximate surface area is 132 Å². The molecule has 3 rings (SSSR count). The van der Waals surface area contributed by atoms with Crippen LogP contribution < -0.4 is 0 Å². The summed E-state index contributed by atoms with van der Waals surface area (Å²) in [6.07, 6.45) is 8.73. The van der Waals surface area contributed by atoms with Crippen molar-refractivity contribution in [1.82, 2.24) is 9.97 Å². The van der Waals surface area contributed by atoms with Crippen molar-refractivity contribution in [3.8, 4) is 0 Å². The minimum atomic E-state index is -0.872. The van der Waals surface area contributed by atoms with Crippen LogP contribution in [0.1, 0.15) is 25.6 Å². The highest BCUT2D eigenvalue weighted by Crippen LogP contribution is 2.27. The summed E-state index contributed by atoms with van der Waals surface area (Å²) < 4.78 is 26.5. The minimum absolute atomic E-state index is 0.0680. The van der Waals surface area contributed by atoms with Crippen molar-refractivity contribution in [2.75, 3.05) is 0 Å². The molecule has 1 aliphatic carbocycles. The van der Waals surface area contributed by atoms with Crippen LogP contribution in [0.3, 0.4) is 0 Å². The van der Waals surface area contributed by atoms with Crippen molar-refractivity contribution in [3.05, 3.63) is 53.4 Å². The first-order valence-corrected chi connectivity index (χ1v) is 7.86.